The summed E-state index contributed by atoms with van der Waals surface area (Å²) in [5.41, 5.74) is 0. The molecule has 13 heavy (non-hydrogen) atoms. The average molecular weight is 187 g/mol. The summed E-state index contributed by atoms with van der Waals surface area (Å²) >= 11 is 0. The van der Waals surface area contributed by atoms with E-state index < -0.39 is 6.17 Å². The van der Waals surface area contributed by atoms with Crippen molar-refractivity contribution in [2.24, 2.45) is 11.8 Å². The number of likely N-dealkylation sites (tertiary alicyclic amines) is 1. The van der Waals surface area contributed by atoms with Crippen LogP contribution in [-0.4, -0.2) is 30.1 Å². The second-order valence-corrected chi connectivity index (χ2v) is 4.22. The number of hydrogen-bond donors (Lipinski definition) is 0. The highest BCUT2D eigenvalue weighted by molar-refractivity contribution is 5.78. The Balaban J connectivity index is 2.50. The molecule has 1 aliphatic heterocycles. The summed E-state index contributed by atoms with van der Waals surface area (Å²) in [6.45, 7) is 6.62. The van der Waals surface area contributed by atoms with Crippen molar-refractivity contribution in [1.29, 1.82) is 0 Å². The molecule has 0 aromatic heterocycles. The van der Waals surface area contributed by atoms with Crippen LogP contribution in [0.3, 0.4) is 0 Å². The number of rotatable bonds is 1. The van der Waals surface area contributed by atoms with Gasteiger partial charge in [-0.25, -0.2) is 4.39 Å². The molecule has 0 unspecified atom stereocenters. The Labute approximate surface area is 79.1 Å². The molecule has 0 aliphatic carbocycles. The molecule has 0 saturated carbocycles. The molecule has 76 valence electrons. The Morgan fingerprint density at radius 1 is 1.54 bits per heavy atom. The fraction of sp³-hybridized carbons (Fsp3) is 0.900. The van der Waals surface area contributed by atoms with Crippen LogP contribution in [0.4, 0.5) is 4.39 Å². The second kappa shape index (κ2) is 4.07. The second-order valence-electron chi connectivity index (χ2n) is 4.22. The number of nitrogens with zero attached hydrogens (tertiary/aromatic N) is 1. The summed E-state index contributed by atoms with van der Waals surface area (Å²) in [5, 5.41) is 0. The third-order valence-corrected chi connectivity index (χ3v) is 2.67. The minimum absolute atomic E-state index is 0.0133. The Morgan fingerprint density at radius 3 is 2.62 bits per heavy atom. The molecule has 1 fully saturated rings. The highest BCUT2D eigenvalue weighted by atomic mass is 19.1. The Morgan fingerprint density at radius 2 is 2.15 bits per heavy atom. The van der Waals surface area contributed by atoms with E-state index in [1.165, 1.54) is 0 Å². The van der Waals surface area contributed by atoms with Crippen molar-refractivity contribution in [3.05, 3.63) is 0 Å². The molecule has 2 nitrogen and oxygen atoms in total. The maximum Gasteiger partial charge on any atom is 0.225 e. The van der Waals surface area contributed by atoms with Crippen molar-refractivity contribution < 1.29 is 9.18 Å². The van der Waals surface area contributed by atoms with E-state index in [2.05, 4.69) is 0 Å². The van der Waals surface area contributed by atoms with E-state index in [1.54, 1.807) is 4.90 Å². The van der Waals surface area contributed by atoms with Gasteiger partial charge in [-0.2, -0.15) is 0 Å². The molecule has 0 N–H and O–H groups in total. The molecular weight excluding hydrogens is 169 g/mol. The standard InChI is InChI=1S/C10H18FNO/c1-7(2)10(13)12-5-4-8(3)9(11)6-12/h7-9H,4-6H2,1-3H3/t8-,9+/m0/s1. The first-order valence-electron chi connectivity index (χ1n) is 4.95. The first-order valence-corrected chi connectivity index (χ1v) is 4.95. The number of alkyl halides is 1. The van der Waals surface area contributed by atoms with Crippen LogP contribution < -0.4 is 0 Å². The molecule has 0 bridgehead atoms. The Hall–Kier alpha value is -0.600. The number of carbonyl (C=O) groups excluding carboxylic acids is 1. The zero-order valence-electron chi connectivity index (χ0n) is 8.59. The van der Waals surface area contributed by atoms with Crippen LogP contribution in [0.5, 0.6) is 0 Å². The van der Waals surface area contributed by atoms with Gasteiger partial charge in [0.05, 0.1) is 6.54 Å². The predicted molar refractivity (Wildman–Crippen MR) is 50.1 cm³/mol. The number of hydrogen-bond acceptors (Lipinski definition) is 1. The molecule has 1 aliphatic rings. The van der Waals surface area contributed by atoms with Gasteiger partial charge in [-0.3, -0.25) is 4.79 Å². The fourth-order valence-corrected chi connectivity index (χ4v) is 1.59. The molecule has 0 radical (unpaired) electrons. The summed E-state index contributed by atoms with van der Waals surface area (Å²) in [5.74, 6) is 0.173. The van der Waals surface area contributed by atoms with Gasteiger partial charge in [0.1, 0.15) is 6.17 Å². The van der Waals surface area contributed by atoms with Gasteiger partial charge < -0.3 is 4.90 Å². The minimum Gasteiger partial charge on any atom is -0.340 e. The normalized spacial score (nSPS) is 29.5. The maximum absolute atomic E-state index is 13.3. The Kier molecular flexibility index (Phi) is 3.28. The summed E-state index contributed by atoms with van der Waals surface area (Å²) in [7, 11) is 0. The smallest absolute Gasteiger partial charge is 0.225 e. The van der Waals surface area contributed by atoms with Gasteiger partial charge in [0, 0.05) is 12.5 Å². The van der Waals surface area contributed by atoms with E-state index in [-0.39, 0.29) is 24.3 Å². The molecule has 3 heteroatoms. The molecule has 0 aromatic carbocycles. The van der Waals surface area contributed by atoms with Gasteiger partial charge in [-0.05, 0) is 12.3 Å². The van der Waals surface area contributed by atoms with E-state index >= 15 is 0 Å². The zero-order valence-corrected chi connectivity index (χ0v) is 8.59. The Bertz CT molecular complexity index is 193. The van der Waals surface area contributed by atoms with Crippen molar-refractivity contribution in [2.75, 3.05) is 13.1 Å². The monoisotopic (exact) mass is 187 g/mol. The third-order valence-electron chi connectivity index (χ3n) is 2.67. The third kappa shape index (κ3) is 2.42. The SMILES string of the molecule is CC(C)C(=O)N1CC[C@H](C)[C@H](F)C1. The lowest BCUT2D eigenvalue weighted by atomic mass is 9.96. The van der Waals surface area contributed by atoms with Gasteiger partial charge in [-0.15, -0.1) is 0 Å². The van der Waals surface area contributed by atoms with Gasteiger partial charge >= 0.3 is 0 Å². The zero-order chi connectivity index (χ0) is 10.0. The number of halogens is 1. The van der Waals surface area contributed by atoms with E-state index in [9.17, 15) is 9.18 Å². The van der Waals surface area contributed by atoms with Crippen LogP contribution in [0.15, 0.2) is 0 Å². The number of piperidine rings is 1. The summed E-state index contributed by atoms with van der Waals surface area (Å²) in [4.78, 5) is 13.2. The number of amides is 1. The van der Waals surface area contributed by atoms with Crippen molar-refractivity contribution in [2.45, 2.75) is 33.4 Å². The molecular formula is C10H18FNO. The molecule has 2 atom stereocenters. The highest BCUT2D eigenvalue weighted by Gasteiger charge is 2.29. The molecule has 1 amide bonds. The summed E-state index contributed by atoms with van der Waals surface area (Å²) in [6, 6.07) is 0. The van der Waals surface area contributed by atoms with Crippen LogP contribution >= 0.6 is 0 Å². The van der Waals surface area contributed by atoms with Crippen LogP contribution in [-0.2, 0) is 4.79 Å². The predicted octanol–water partition coefficient (Wildman–Crippen LogP) is 1.85. The quantitative estimate of drug-likeness (QED) is 0.613. The first kappa shape index (κ1) is 10.5. The molecule has 1 heterocycles. The number of carbonyl (C=O) groups is 1. The van der Waals surface area contributed by atoms with E-state index in [4.69, 9.17) is 0 Å². The summed E-state index contributed by atoms with van der Waals surface area (Å²) < 4.78 is 13.3. The lowest BCUT2D eigenvalue weighted by Crippen LogP contribution is -2.45. The van der Waals surface area contributed by atoms with Crippen molar-refractivity contribution in [3.63, 3.8) is 0 Å². The molecule has 0 aromatic rings. The van der Waals surface area contributed by atoms with Crippen LogP contribution in [0.1, 0.15) is 27.2 Å². The molecule has 1 rings (SSSR count). The minimum atomic E-state index is -0.837. The fourth-order valence-electron chi connectivity index (χ4n) is 1.59. The average Bonchev–Trinajstić information content (AvgIpc) is 2.08. The molecule has 1 saturated heterocycles. The lowest BCUT2D eigenvalue weighted by Gasteiger charge is -2.34. The van der Waals surface area contributed by atoms with Gasteiger partial charge in [0.2, 0.25) is 5.91 Å². The van der Waals surface area contributed by atoms with Crippen LogP contribution in [0.2, 0.25) is 0 Å². The van der Waals surface area contributed by atoms with Gasteiger partial charge in [0.25, 0.3) is 0 Å². The summed E-state index contributed by atoms with van der Waals surface area (Å²) in [6.07, 6.45) is -0.0453. The lowest BCUT2D eigenvalue weighted by molar-refractivity contribution is -0.137. The van der Waals surface area contributed by atoms with Crippen LogP contribution in [0.25, 0.3) is 0 Å². The van der Waals surface area contributed by atoms with Gasteiger partial charge in [-0.1, -0.05) is 20.8 Å². The van der Waals surface area contributed by atoms with E-state index in [0.717, 1.165) is 13.0 Å². The largest absolute Gasteiger partial charge is 0.340 e. The van der Waals surface area contributed by atoms with Crippen molar-refractivity contribution >= 4 is 5.91 Å². The topological polar surface area (TPSA) is 20.3 Å². The van der Waals surface area contributed by atoms with E-state index in [0.29, 0.717) is 0 Å². The van der Waals surface area contributed by atoms with Crippen LogP contribution in [0, 0.1) is 11.8 Å². The highest BCUT2D eigenvalue weighted by Crippen LogP contribution is 2.20. The molecule has 0 spiro atoms. The van der Waals surface area contributed by atoms with Crippen molar-refractivity contribution in [1.82, 2.24) is 4.90 Å². The van der Waals surface area contributed by atoms with Crippen molar-refractivity contribution in [3.8, 4) is 0 Å². The first-order chi connectivity index (χ1) is 6.02. The van der Waals surface area contributed by atoms with E-state index in [1.807, 2.05) is 20.8 Å². The van der Waals surface area contributed by atoms with Gasteiger partial charge in [0.15, 0.2) is 0 Å². The maximum atomic E-state index is 13.3.